The van der Waals surface area contributed by atoms with Crippen molar-refractivity contribution < 1.29 is 4.42 Å². The van der Waals surface area contributed by atoms with Crippen LogP contribution < -0.4 is 4.90 Å². The van der Waals surface area contributed by atoms with Crippen LogP contribution in [0, 0.1) is 0 Å². The molecule has 61 heavy (non-hydrogen) atoms. The van der Waals surface area contributed by atoms with Crippen molar-refractivity contribution in [1.29, 1.82) is 0 Å². The lowest BCUT2D eigenvalue weighted by Crippen LogP contribution is -2.14. The maximum atomic E-state index is 6.42. The summed E-state index contributed by atoms with van der Waals surface area (Å²) in [4.78, 5) is 2.32. The first-order chi connectivity index (χ1) is 30.1. The Morgan fingerprint density at radius 1 is 0.426 bits per heavy atom. The average Bonchev–Trinajstić information content (AvgIpc) is 3.72. The van der Waals surface area contributed by atoms with E-state index in [0.717, 1.165) is 55.7 Å². The van der Waals surface area contributed by atoms with Crippen molar-refractivity contribution in [3.05, 3.63) is 248 Å². The van der Waals surface area contributed by atoms with Gasteiger partial charge in [0.15, 0.2) is 0 Å². The van der Waals surface area contributed by atoms with Gasteiger partial charge in [-0.2, -0.15) is 0 Å². The Labute approximate surface area is 357 Å². The fraction of sp³-hybridized carbons (Fsp3) is 0.0169. The van der Waals surface area contributed by atoms with Gasteiger partial charge in [-0.3, -0.25) is 0 Å². The quantitative estimate of drug-likeness (QED) is 0.129. The van der Waals surface area contributed by atoms with Crippen molar-refractivity contribution in [3.8, 4) is 44.5 Å². The molecule has 0 aliphatic heterocycles. The summed E-state index contributed by atoms with van der Waals surface area (Å²) in [6, 6.07) is 75.7. The number of hydrogen-bond acceptors (Lipinski definition) is 2. The summed E-state index contributed by atoms with van der Waals surface area (Å²) >= 11 is 0. The van der Waals surface area contributed by atoms with E-state index >= 15 is 0 Å². The number of rotatable bonds is 10. The molecule has 0 radical (unpaired) electrons. The van der Waals surface area contributed by atoms with Gasteiger partial charge < -0.3 is 9.32 Å². The van der Waals surface area contributed by atoms with Gasteiger partial charge in [-0.1, -0.05) is 176 Å². The smallest absolute Gasteiger partial charge is 0.143 e. The van der Waals surface area contributed by atoms with Crippen LogP contribution in [0.5, 0.6) is 0 Å². The monoisotopic (exact) mass is 781 g/mol. The Bertz CT molecular complexity index is 3180. The summed E-state index contributed by atoms with van der Waals surface area (Å²) in [6.45, 7) is 6.40. The van der Waals surface area contributed by atoms with Crippen molar-refractivity contribution >= 4 is 49.7 Å². The first-order valence-corrected chi connectivity index (χ1v) is 20.8. The number of furan rings is 1. The first-order valence-electron chi connectivity index (χ1n) is 20.8. The number of fused-ring (bicyclic) bond motifs is 4. The molecular weight excluding hydrogens is 739 g/mol. The summed E-state index contributed by atoms with van der Waals surface area (Å²) in [5.41, 5.74) is 16.4. The molecule has 0 saturated heterocycles. The van der Waals surface area contributed by atoms with Crippen molar-refractivity contribution in [2.45, 2.75) is 6.92 Å². The summed E-state index contributed by atoms with van der Waals surface area (Å²) < 4.78 is 6.42. The third kappa shape index (κ3) is 7.48. The first kappa shape index (κ1) is 37.3. The van der Waals surface area contributed by atoms with E-state index in [4.69, 9.17) is 4.42 Å². The van der Waals surface area contributed by atoms with Gasteiger partial charge in [-0.15, -0.1) is 0 Å². The van der Waals surface area contributed by atoms with Crippen LogP contribution in [0.25, 0.3) is 82.8 Å². The van der Waals surface area contributed by atoms with Crippen LogP contribution in [0.1, 0.15) is 12.5 Å². The summed E-state index contributed by atoms with van der Waals surface area (Å²) in [7, 11) is 0. The predicted octanol–water partition coefficient (Wildman–Crippen LogP) is 16.7. The van der Waals surface area contributed by atoms with E-state index < -0.39 is 0 Å². The predicted molar refractivity (Wildman–Crippen MR) is 260 cm³/mol. The molecule has 1 heterocycles. The third-order valence-corrected chi connectivity index (χ3v) is 11.6. The van der Waals surface area contributed by atoms with E-state index in [1.807, 2.05) is 18.2 Å². The maximum absolute atomic E-state index is 6.42. The molecule has 10 aromatic rings. The fourth-order valence-corrected chi connectivity index (χ4v) is 8.45. The Balaban J connectivity index is 1.05. The molecule has 0 bridgehead atoms. The largest absolute Gasteiger partial charge is 0.455 e. The molecule has 10 rings (SSSR count). The van der Waals surface area contributed by atoms with E-state index in [2.05, 4.69) is 231 Å². The highest BCUT2D eigenvalue weighted by Gasteiger charge is 2.16. The lowest BCUT2D eigenvalue weighted by atomic mass is 9.93. The van der Waals surface area contributed by atoms with Crippen molar-refractivity contribution in [3.63, 3.8) is 0 Å². The molecule has 0 amide bonds. The Kier molecular flexibility index (Phi) is 10.0. The number of para-hydroxylation sites is 2. The molecule has 2 nitrogen and oxygen atoms in total. The number of allylic oxidation sites excluding steroid dienone is 5. The Morgan fingerprint density at radius 3 is 1.56 bits per heavy atom. The zero-order valence-corrected chi connectivity index (χ0v) is 34.0. The van der Waals surface area contributed by atoms with Gasteiger partial charge >= 0.3 is 0 Å². The normalized spacial score (nSPS) is 12.0. The minimum atomic E-state index is 0.865. The zero-order valence-electron chi connectivity index (χ0n) is 34.0. The molecule has 0 aliphatic carbocycles. The third-order valence-electron chi connectivity index (χ3n) is 11.6. The highest BCUT2D eigenvalue weighted by molar-refractivity contribution is 6.08. The van der Waals surface area contributed by atoms with E-state index in [9.17, 15) is 0 Å². The van der Waals surface area contributed by atoms with Crippen LogP contribution in [0.2, 0.25) is 0 Å². The molecule has 0 atom stereocenters. The van der Waals surface area contributed by atoms with Gasteiger partial charge in [0.25, 0.3) is 0 Å². The van der Waals surface area contributed by atoms with Gasteiger partial charge in [0.05, 0.1) is 0 Å². The van der Waals surface area contributed by atoms with Crippen LogP contribution in [0.15, 0.2) is 247 Å². The molecule has 290 valence electrons. The van der Waals surface area contributed by atoms with Crippen molar-refractivity contribution in [2.75, 3.05) is 4.90 Å². The molecule has 0 aliphatic rings. The molecule has 0 saturated carbocycles. The van der Waals surface area contributed by atoms with Gasteiger partial charge in [0.2, 0.25) is 0 Å². The summed E-state index contributed by atoms with van der Waals surface area (Å²) in [6.07, 6.45) is 6.24. The lowest BCUT2D eigenvalue weighted by molar-refractivity contribution is 0.668. The molecule has 0 spiro atoms. The highest BCUT2D eigenvalue weighted by Crippen LogP contribution is 2.38. The molecule has 0 fully saturated rings. The van der Waals surface area contributed by atoms with Crippen molar-refractivity contribution in [1.82, 2.24) is 0 Å². The second-order valence-electron chi connectivity index (χ2n) is 15.4. The second kappa shape index (κ2) is 16.4. The summed E-state index contributed by atoms with van der Waals surface area (Å²) in [5.74, 6) is 0. The highest BCUT2D eigenvalue weighted by atomic mass is 16.3. The number of nitrogens with zero attached hydrogens (tertiary/aromatic N) is 1. The van der Waals surface area contributed by atoms with Crippen LogP contribution >= 0.6 is 0 Å². The number of hydrogen-bond donors (Lipinski definition) is 0. The standard InChI is InChI=1S/C59H43NO/c1-3-42(55-22-14-23-57-56-21-12-13-24-58(56)61-59(55)57)26-25-41(2)60(53-33-29-46(30-34-53)49-28-27-45-19-10-11-20-48(45)37-49)54-35-31-47(32-36-54)52-39-50(43-15-6-4-7-16-43)38-51(40-52)44-17-8-5-9-18-44/h3-40H,1H2,2H3/b41-25+,42-26+. The van der Waals surface area contributed by atoms with E-state index in [1.54, 1.807) is 0 Å². The number of anilines is 2. The maximum Gasteiger partial charge on any atom is 0.143 e. The van der Waals surface area contributed by atoms with Gasteiger partial charge in [-0.05, 0) is 128 Å². The van der Waals surface area contributed by atoms with Crippen LogP contribution in [0.3, 0.4) is 0 Å². The summed E-state index contributed by atoms with van der Waals surface area (Å²) in [5, 5.41) is 4.68. The number of benzene rings is 9. The van der Waals surface area contributed by atoms with Crippen LogP contribution in [-0.4, -0.2) is 0 Å². The molecule has 0 unspecified atom stereocenters. The van der Waals surface area contributed by atoms with E-state index in [0.29, 0.717) is 0 Å². The van der Waals surface area contributed by atoms with Crippen LogP contribution in [-0.2, 0) is 0 Å². The zero-order chi connectivity index (χ0) is 41.1. The van der Waals surface area contributed by atoms with E-state index in [1.165, 1.54) is 49.7 Å². The molecule has 0 N–H and O–H groups in total. The SMILES string of the molecule is C=C/C(=C\C=C(/C)N(c1ccc(-c2cc(-c3ccccc3)cc(-c3ccccc3)c2)cc1)c1ccc(-c2ccc3ccccc3c2)cc1)c1cccc2c1oc1ccccc12. The van der Waals surface area contributed by atoms with Gasteiger partial charge in [0, 0.05) is 33.4 Å². The molecule has 1 aromatic heterocycles. The lowest BCUT2D eigenvalue weighted by Gasteiger charge is -2.26. The van der Waals surface area contributed by atoms with Crippen molar-refractivity contribution in [2.24, 2.45) is 0 Å². The second-order valence-corrected chi connectivity index (χ2v) is 15.4. The Hall–Kier alpha value is -7.94. The van der Waals surface area contributed by atoms with Gasteiger partial charge in [-0.25, -0.2) is 0 Å². The topological polar surface area (TPSA) is 16.4 Å². The minimum absolute atomic E-state index is 0.865. The molecule has 2 heteroatoms. The van der Waals surface area contributed by atoms with Gasteiger partial charge in [0.1, 0.15) is 11.2 Å². The molecule has 9 aromatic carbocycles. The molecular formula is C59H43NO. The Morgan fingerprint density at radius 2 is 0.934 bits per heavy atom. The fourth-order valence-electron chi connectivity index (χ4n) is 8.45. The minimum Gasteiger partial charge on any atom is -0.455 e. The van der Waals surface area contributed by atoms with Crippen LogP contribution in [0.4, 0.5) is 11.4 Å². The average molecular weight is 782 g/mol. The van der Waals surface area contributed by atoms with E-state index in [-0.39, 0.29) is 0 Å².